The van der Waals surface area contributed by atoms with E-state index in [1.165, 1.54) is 7.05 Å². The van der Waals surface area contributed by atoms with Crippen molar-refractivity contribution in [2.75, 3.05) is 25.9 Å². The predicted molar refractivity (Wildman–Crippen MR) is 78.0 cm³/mol. The number of sulfonamides is 1. The van der Waals surface area contributed by atoms with E-state index in [4.69, 9.17) is 0 Å². The van der Waals surface area contributed by atoms with Crippen LogP contribution in [0, 0.1) is 0 Å². The van der Waals surface area contributed by atoms with Crippen LogP contribution < -0.4 is 10.6 Å². The summed E-state index contributed by atoms with van der Waals surface area (Å²) >= 11 is 0. The maximum absolute atomic E-state index is 11.8. The van der Waals surface area contributed by atoms with Crippen molar-refractivity contribution in [1.82, 2.24) is 14.9 Å². The van der Waals surface area contributed by atoms with Gasteiger partial charge in [0.1, 0.15) is 0 Å². The van der Waals surface area contributed by atoms with Crippen LogP contribution in [-0.2, 0) is 14.8 Å². The molecule has 2 unspecified atom stereocenters. The highest BCUT2D eigenvalue weighted by Gasteiger charge is 2.24. The molecule has 0 aromatic carbocycles. The van der Waals surface area contributed by atoms with Crippen molar-refractivity contribution < 1.29 is 13.2 Å². The van der Waals surface area contributed by atoms with Crippen molar-refractivity contribution in [2.45, 2.75) is 38.8 Å². The first kappa shape index (κ1) is 18.6. The van der Waals surface area contributed by atoms with Gasteiger partial charge in [0.05, 0.1) is 12.3 Å². The molecule has 8 heteroatoms. The van der Waals surface area contributed by atoms with Crippen LogP contribution in [0.5, 0.6) is 0 Å². The molecule has 0 bridgehead atoms. The van der Waals surface area contributed by atoms with Gasteiger partial charge in [0.15, 0.2) is 0 Å². The van der Waals surface area contributed by atoms with E-state index in [9.17, 15) is 13.2 Å². The van der Waals surface area contributed by atoms with Crippen LogP contribution in [0.3, 0.4) is 0 Å². The topological polar surface area (TPSA) is 78.5 Å². The first-order valence-corrected chi connectivity index (χ1v) is 7.94. The Kier molecular flexibility index (Phi) is 7.88. The monoisotopic (exact) mass is 313 g/mol. The molecule has 0 aliphatic carbocycles. The summed E-state index contributed by atoms with van der Waals surface area (Å²) in [5, 5.41) is 6.17. The number of amides is 1. The summed E-state index contributed by atoms with van der Waals surface area (Å²) in [6.45, 7) is 4.45. The second-order valence-electron chi connectivity index (χ2n) is 4.72. The molecule has 2 N–H and O–H groups in total. The van der Waals surface area contributed by atoms with Crippen LogP contribution in [0.25, 0.3) is 0 Å². The number of nitrogens with one attached hydrogen (secondary N) is 2. The Morgan fingerprint density at radius 1 is 1.47 bits per heavy atom. The minimum absolute atomic E-state index is 0. The van der Waals surface area contributed by atoms with Gasteiger partial charge in [-0.1, -0.05) is 0 Å². The highest BCUT2D eigenvalue weighted by molar-refractivity contribution is 7.89. The molecule has 1 aliphatic rings. The van der Waals surface area contributed by atoms with Crippen molar-refractivity contribution in [1.29, 1.82) is 0 Å². The molecule has 0 aromatic rings. The third-order valence-corrected chi connectivity index (χ3v) is 5.12. The summed E-state index contributed by atoms with van der Waals surface area (Å²) in [6, 6.07) is 0.319. The van der Waals surface area contributed by atoms with E-state index in [1.807, 2.05) is 6.92 Å². The Morgan fingerprint density at radius 3 is 2.63 bits per heavy atom. The first-order valence-electron chi connectivity index (χ1n) is 6.33. The SMILES string of the molecule is CCS(=O)(=O)N(C)CC(=O)NC1CCCNC1C.Cl. The smallest absolute Gasteiger partial charge is 0.235 e. The van der Waals surface area contributed by atoms with Crippen LogP contribution in [0.2, 0.25) is 0 Å². The number of rotatable bonds is 5. The van der Waals surface area contributed by atoms with Crippen molar-refractivity contribution >= 4 is 28.3 Å². The highest BCUT2D eigenvalue weighted by atomic mass is 35.5. The van der Waals surface area contributed by atoms with Crippen LogP contribution in [0.15, 0.2) is 0 Å². The van der Waals surface area contributed by atoms with Gasteiger partial charge in [-0.3, -0.25) is 4.79 Å². The molecule has 2 atom stereocenters. The Labute approximate surface area is 121 Å². The van der Waals surface area contributed by atoms with E-state index in [-0.39, 0.29) is 42.7 Å². The molecule has 6 nitrogen and oxygen atoms in total. The van der Waals surface area contributed by atoms with Crippen molar-refractivity contribution in [3.63, 3.8) is 0 Å². The molecule has 0 saturated carbocycles. The molecule has 1 saturated heterocycles. The van der Waals surface area contributed by atoms with Gasteiger partial charge in [0, 0.05) is 19.1 Å². The fourth-order valence-electron chi connectivity index (χ4n) is 2.01. The predicted octanol–water partition coefficient (Wildman–Crippen LogP) is -0.0536. The van der Waals surface area contributed by atoms with Gasteiger partial charge in [-0.05, 0) is 33.2 Å². The van der Waals surface area contributed by atoms with Crippen molar-refractivity contribution in [3.05, 3.63) is 0 Å². The van der Waals surface area contributed by atoms with Crippen LogP contribution in [0.4, 0.5) is 0 Å². The van der Waals surface area contributed by atoms with Gasteiger partial charge in [-0.25, -0.2) is 8.42 Å². The number of nitrogens with zero attached hydrogens (tertiary/aromatic N) is 1. The lowest BCUT2D eigenvalue weighted by molar-refractivity contribution is -0.122. The third kappa shape index (κ3) is 5.64. The lowest BCUT2D eigenvalue weighted by Gasteiger charge is -2.31. The normalized spacial score (nSPS) is 23.8. The number of hydrogen-bond donors (Lipinski definition) is 2. The summed E-state index contributed by atoms with van der Waals surface area (Å²) < 4.78 is 24.2. The number of piperidine rings is 1. The van der Waals surface area contributed by atoms with Gasteiger partial charge >= 0.3 is 0 Å². The minimum atomic E-state index is -3.29. The molecule has 1 fully saturated rings. The molecular formula is C11H24ClN3O3S. The number of carbonyl (C=O) groups is 1. The Morgan fingerprint density at radius 2 is 2.11 bits per heavy atom. The summed E-state index contributed by atoms with van der Waals surface area (Å²) in [7, 11) is -1.86. The molecule has 19 heavy (non-hydrogen) atoms. The molecule has 1 amide bonds. The maximum Gasteiger partial charge on any atom is 0.235 e. The highest BCUT2D eigenvalue weighted by Crippen LogP contribution is 2.08. The fourth-order valence-corrected chi connectivity index (χ4v) is 2.77. The fraction of sp³-hybridized carbons (Fsp3) is 0.909. The Bertz CT molecular complexity index is 389. The van der Waals surface area contributed by atoms with E-state index >= 15 is 0 Å². The molecule has 114 valence electrons. The second-order valence-corrected chi connectivity index (χ2v) is 7.08. The van der Waals surface area contributed by atoms with Crippen LogP contribution in [-0.4, -0.2) is 56.6 Å². The zero-order valence-corrected chi connectivity index (χ0v) is 13.3. The lowest BCUT2D eigenvalue weighted by Crippen LogP contribution is -2.53. The lowest BCUT2D eigenvalue weighted by atomic mass is 10.00. The van der Waals surface area contributed by atoms with E-state index < -0.39 is 10.0 Å². The first-order chi connectivity index (χ1) is 8.36. The molecule has 0 spiro atoms. The average molecular weight is 314 g/mol. The van der Waals surface area contributed by atoms with Gasteiger partial charge in [-0.15, -0.1) is 12.4 Å². The Balaban J connectivity index is 0.00000324. The zero-order chi connectivity index (χ0) is 13.8. The molecule has 0 radical (unpaired) electrons. The maximum atomic E-state index is 11.8. The van der Waals surface area contributed by atoms with Crippen LogP contribution in [0.1, 0.15) is 26.7 Å². The van der Waals surface area contributed by atoms with E-state index in [1.54, 1.807) is 6.92 Å². The molecule has 0 aromatic heterocycles. The summed E-state index contributed by atoms with van der Waals surface area (Å²) in [5.74, 6) is -0.229. The summed E-state index contributed by atoms with van der Waals surface area (Å²) in [6.07, 6.45) is 1.96. The third-order valence-electron chi connectivity index (χ3n) is 3.31. The van der Waals surface area contributed by atoms with E-state index in [0.717, 1.165) is 23.7 Å². The second kappa shape index (κ2) is 8.04. The average Bonchev–Trinajstić information content (AvgIpc) is 2.32. The quantitative estimate of drug-likeness (QED) is 0.746. The summed E-state index contributed by atoms with van der Waals surface area (Å²) in [4.78, 5) is 11.8. The molecule has 1 rings (SSSR count). The molecule has 1 heterocycles. The number of carbonyl (C=O) groups excluding carboxylic acids is 1. The van der Waals surface area contributed by atoms with Crippen LogP contribution >= 0.6 is 12.4 Å². The summed E-state index contributed by atoms with van der Waals surface area (Å²) in [5.41, 5.74) is 0. The zero-order valence-electron chi connectivity index (χ0n) is 11.7. The van der Waals surface area contributed by atoms with E-state index in [0.29, 0.717) is 0 Å². The number of hydrogen-bond acceptors (Lipinski definition) is 4. The minimum Gasteiger partial charge on any atom is -0.351 e. The number of likely N-dealkylation sites (N-methyl/N-ethyl adjacent to an activating group) is 1. The van der Waals surface area contributed by atoms with Gasteiger partial charge < -0.3 is 10.6 Å². The van der Waals surface area contributed by atoms with E-state index in [2.05, 4.69) is 10.6 Å². The van der Waals surface area contributed by atoms with Gasteiger partial charge in [0.25, 0.3) is 0 Å². The van der Waals surface area contributed by atoms with Gasteiger partial charge in [-0.2, -0.15) is 4.31 Å². The number of halogens is 1. The van der Waals surface area contributed by atoms with Crippen molar-refractivity contribution in [3.8, 4) is 0 Å². The van der Waals surface area contributed by atoms with Gasteiger partial charge in [0.2, 0.25) is 15.9 Å². The molecule has 1 aliphatic heterocycles. The standard InChI is InChI=1S/C11H23N3O3S.ClH/c1-4-18(16,17)14(3)8-11(15)13-10-6-5-7-12-9(10)2;/h9-10,12H,4-8H2,1-3H3,(H,13,15);1H. The molecular weight excluding hydrogens is 290 g/mol. The Hall–Kier alpha value is -0.370. The largest absolute Gasteiger partial charge is 0.351 e. The van der Waals surface area contributed by atoms with Crippen molar-refractivity contribution in [2.24, 2.45) is 0 Å².